The molecule has 3 aromatic carbocycles. The highest BCUT2D eigenvalue weighted by atomic mass is 19.1. The SMILES string of the molecule is COc1ccc(CN(CC[C@H](c2ccc(F)cc2)c2ccc(OC(C)C)cc2)C(C)=O)cc1. The average Bonchev–Trinajstić information content (AvgIpc) is 2.80. The Morgan fingerprint density at radius 2 is 1.42 bits per heavy atom. The van der Waals surface area contributed by atoms with Crippen LogP contribution in [-0.4, -0.2) is 30.6 Å². The van der Waals surface area contributed by atoms with Crippen LogP contribution in [0.25, 0.3) is 0 Å². The maximum atomic E-state index is 13.6. The molecule has 3 aromatic rings. The van der Waals surface area contributed by atoms with Gasteiger partial charge in [0.05, 0.1) is 13.2 Å². The van der Waals surface area contributed by atoms with Gasteiger partial charge < -0.3 is 14.4 Å². The number of rotatable bonds is 10. The molecular weight excluding hydrogens is 417 g/mol. The van der Waals surface area contributed by atoms with E-state index in [1.807, 2.05) is 79.4 Å². The zero-order chi connectivity index (χ0) is 23.8. The zero-order valence-electron chi connectivity index (χ0n) is 19.8. The summed E-state index contributed by atoms with van der Waals surface area (Å²) in [4.78, 5) is 14.2. The monoisotopic (exact) mass is 449 g/mol. The third-order valence-electron chi connectivity index (χ3n) is 5.59. The summed E-state index contributed by atoms with van der Waals surface area (Å²) >= 11 is 0. The van der Waals surface area contributed by atoms with E-state index in [0.29, 0.717) is 19.5 Å². The maximum absolute atomic E-state index is 13.6. The normalized spacial score (nSPS) is 11.8. The first-order valence-electron chi connectivity index (χ1n) is 11.3. The lowest BCUT2D eigenvalue weighted by Crippen LogP contribution is -2.30. The zero-order valence-corrected chi connectivity index (χ0v) is 19.8. The number of methoxy groups -OCH3 is 1. The molecule has 0 aromatic heterocycles. The molecule has 0 fully saturated rings. The van der Waals surface area contributed by atoms with Crippen LogP contribution in [0.15, 0.2) is 72.8 Å². The molecule has 0 aliphatic heterocycles. The van der Waals surface area contributed by atoms with Crippen molar-refractivity contribution in [1.29, 1.82) is 0 Å². The van der Waals surface area contributed by atoms with Gasteiger partial charge in [-0.3, -0.25) is 4.79 Å². The molecule has 174 valence electrons. The van der Waals surface area contributed by atoms with Crippen molar-refractivity contribution in [2.45, 2.75) is 45.8 Å². The van der Waals surface area contributed by atoms with E-state index in [2.05, 4.69) is 0 Å². The van der Waals surface area contributed by atoms with Crippen LogP contribution in [0.1, 0.15) is 49.8 Å². The van der Waals surface area contributed by atoms with E-state index in [-0.39, 0.29) is 23.7 Å². The number of nitrogens with zero attached hydrogens (tertiary/aromatic N) is 1. The lowest BCUT2D eigenvalue weighted by Gasteiger charge is -2.25. The molecule has 0 spiro atoms. The molecule has 3 rings (SSSR count). The molecule has 0 unspecified atom stereocenters. The van der Waals surface area contributed by atoms with Crippen LogP contribution in [0, 0.1) is 5.82 Å². The molecule has 0 saturated carbocycles. The number of hydrogen-bond donors (Lipinski definition) is 0. The Labute approximate surface area is 196 Å². The molecule has 5 heteroatoms. The van der Waals surface area contributed by atoms with Crippen LogP contribution in [-0.2, 0) is 11.3 Å². The van der Waals surface area contributed by atoms with Gasteiger partial charge in [0.15, 0.2) is 0 Å². The molecular formula is C28H32FNO3. The van der Waals surface area contributed by atoms with Gasteiger partial charge in [0, 0.05) is 25.9 Å². The fraction of sp³-hybridized carbons (Fsp3) is 0.321. The van der Waals surface area contributed by atoms with Crippen molar-refractivity contribution in [2.24, 2.45) is 0 Å². The quantitative estimate of drug-likeness (QED) is 0.370. The van der Waals surface area contributed by atoms with Crippen LogP contribution in [0.5, 0.6) is 11.5 Å². The van der Waals surface area contributed by atoms with E-state index in [1.165, 1.54) is 12.1 Å². The summed E-state index contributed by atoms with van der Waals surface area (Å²) in [6, 6.07) is 22.4. The number of hydrogen-bond acceptors (Lipinski definition) is 3. The molecule has 4 nitrogen and oxygen atoms in total. The van der Waals surface area contributed by atoms with E-state index < -0.39 is 0 Å². The molecule has 33 heavy (non-hydrogen) atoms. The summed E-state index contributed by atoms with van der Waals surface area (Å²) < 4.78 is 24.6. The largest absolute Gasteiger partial charge is 0.497 e. The van der Waals surface area contributed by atoms with Gasteiger partial charge in [0.1, 0.15) is 17.3 Å². The standard InChI is InChI=1S/C28H32FNO3/c1-20(2)33-27-15-9-24(10-16-27)28(23-7-11-25(29)12-8-23)17-18-30(21(3)31)19-22-5-13-26(32-4)14-6-22/h5-16,20,28H,17-19H2,1-4H3/t28-/m1/s1. The summed E-state index contributed by atoms with van der Waals surface area (Å²) in [5.74, 6) is 1.38. The molecule has 1 atom stereocenters. The van der Waals surface area contributed by atoms with Crippen molar-refractivity contribution in [3.05, 3.63) is 95.3 Å². The highest BCUT2D eigenvalue weighted by Crippen LogP contribution is 2.30. The topological polar surface area (TPSA) is 38.8 Å². The smallest absolute Gasteiger partial charge is 0.219 e. The first kappa shape index (κ1) is 24.3. The number of benzene rings is 3. The number of carbonyl (C=O) groups excluding carboxylic acids is 1. The minimum absolute atomic E-state index is 0.0179. The predicted octanol–water partition coefficient (Wildman–Crippen LogP) is 6.19. The fourth-order valence-corrected chi connectivity index (χ4v) is 3.86. The van der Waals surface area contributed by atoms with Crippen molar-refractivity contribution in [2.75, 3.05) is 13.7 Å². The van der Waals surface area contributed by atoms with E-state index in [0.717, 1.165) is 28.2 Å². The molecule has 0 radical (unpaired) electrons. The van der Waals surface area contributed by atoms with Crippen molar-refractivity contribution < 1.29 is 18.7 Å². The van der Waals surface area contributed by atoms with Gasteiger partial charge >= 0.3 is 0 Å². The van der Waals surface area contributed by atoms with Gasteiger partial charge in [-0.2, -0.15) is 0 Å². The van der Waals surface area contributed by atoms with Crippen LogP contribution >= 0.6 is 0 Å². The average molecular weight is 450 g/mol. The Balaban J connectivity index is 1.79. The van der Waals surface area contributed by atoms with Crippen molar-refractivity contribution in [3.63, 3.8) is 0 Å². The molecule has 0 heterocycles. The maximum Gasteiger partial charge on any atom is 0.219 e. The van der Waals surface area contributed by atoms with Crippen molar-refractivity contribution in [3.8, 4) is 11.5 Å². The second kappa shape index (κ2) is 11.5. The number of ether oxygens (including phenoxy) is 2. The summed E-state index contributed by atoms with van der Waals surface area (Å²) in [6.45, 7) is 6.68. The second-order valence-corrected chi connectivity index (χ2v) is 8.42. The van der Waals surface area contributed by atoms with Crippen LogP contribution in [0.3, 0.4) is 0 Å². The molecule has 0 N–H and O–H groups in total. The van der Waals surface area contributed by atoms with Crippen LogP contribution < -0.4 is 9.47 Å². The van der Waals surface area contributed by atoms with Gasteiger partial charge in [-0.15, -0.1) is 0 Å². The van der Waals surface area contributed by atoms with E-state index in [4.69, 9.17) is 9.47 Å². The predicted molar refractivity (Wildman–Crippen MR) is 129 cm³/mol. The minimum atomic E-state index is -0.261. The Kier molecular flexibility index (Phi) is 8.47. The fourth-order valence-electron chi connectivity index (χ4n) is 3.86. The van der Waals surface area contributed by atoms with E-state index in [9.17, 15) is 9.18 Å². The van der Waals surface area contributed by atoms with Gasteiger partial charge in [-0.1, -0.05) is 36.4 Å². The first-order valence-corrected chi connectivity index (χ1v) is 11.3. The highest BCUT2D eigenvalue weighted by molar-refractivity contribution is 5.73. The number of carbonyl (C=O) groups is 1. The summed E-state index contributed by atoms with van der Waals surface area (Å²) in [5, 5.41) is 0. The van der Waals surface area contributed by atoms with Gasteiger partial charge in [0.25, 0.3) is 0 Å². The molecule has 0 bridgehead atoms. The van der Waals surface area contributed by atoms with Crippen LogP contribution in [0.2, 0.25) is 0 Å². The molecule has 0 aliphatic carbocycles. The Bertz CT molecular complexity index is 1010. The van der Waals surface area contributed by atoms with Gasteiger partial charge in [-0.25, -0.2) is 4.39 Å². The second-order valence-electron chi connectivity index (χ2n) is 8.42. The van der Waals surface area contributed by atoms with Gasteiger partial charge in [0.2, 0.25) is 5.91 Å². The Morgan fingerprint density at radius 3 is 1.94 bits per heavy atom. The summed E-state index contributed by atoms with van der Waals surface area (Å²) in [7, 11) is 1.63. The molecule has 1 amide bonds. The summed E-state index contributed by atoms with van der Waals surface area (Å²) in [5.41, 5.74) is 3.16. The van der Waals surface area contributed by atoms with Crippen LogP contribution in [0.4, 0.5) is 4.39 Å². The minimum Gasteiger partial charge on any atom is -0.497 e. The number of amides is 1. The lowest BCUT2D eigenvalue weighted by atomic mass is 9.88. The van der Waals surface area contributed by atoms with Crippen molar-refractivity contribution >= 4 is 5.91 Å². The van der Waals surface area contributed by atoms with E-state index >= 15 is 0 Å². The van der Waals surface area contributed by atoms with E-state index in [1.54, 1.807) is 14.0 Å². The lowest BCUT2D eigenvalue weighted by molar-refractivity contribution is -0.129. The Morgan fingerprint density at radius 1 is 0.879 bits per heavy atom. The van der Waals surface area contributed by atoms with Gasteiger partial charge in [-0.05, 0) is 73.4 Å². The third-order valence-corrected chi connectivity index (χ3v) is 5.59. The highest BCUT2D eigenvalue weighted by Gasteiger charge is 2.18. The third kappa shape index (κ3) is 7.07. The Hall–Kier alpha value is -3.34. The number of halogens is 1. The molecule has 0 aliphatic rings. The van der Waals surface area contributed by atoms with Crippen molar-refractivity contribution in [1.82, 2.24) is 4.90 Å². The summed E-state index contributed by atoms with van der Waals surface area (Å²) in [6.07, 6.45) is 0.817. The first-order chi connectivity index (χ1) is 15.9. The molecule has 0 saturated heterocycles.